The molecule has 14 heavy (non-hydrogen) atoms. The third-order valence-corrected chi connectivity index (χ3v) is 2.74. The lowest BCUT2D eigenvalue weighted by atomic mass is 9.97. The van der Waals surface area contributed by atoms with Crippen LogP contribution in [0.3, 0.4) is 0 Å². The smallest absolute Gasteiger partial charge is 0.120 e. The summed E-state index contributed by atoms with van der Waals surface area (Å²) in [5.74, 6) is 0.610. The first kappa shape index (κ1) is 11.3. The topological polar surface area (TPSA) is 46.2 Å². The maximum atomic E-state index is 9.58. The van der Waals surface area contributed by atoms with E-state index in [2.05, 4.69) is 13.8 Å². The van der Waals surface area contributed by atoms with Crippen LogP contribution in [-0.4, -0.2) is 11.1 Å². The Hall–Kier alpha value is -0.730. The minimum atomic E-state index is 0.0285. The largest absolute Gasteiger partial charge is 0.508 e. The quantitative estimate of drug-likeness (QED) is 0.811. The van der Waals surface area contributed by atoms with Crippen molar-refractivity contribution >= 4 is 11.6 Å². The van der Waals surface area contributed by atoms with Gasteiger partial charge in [0, 0.05) is 16.6 Å². The molecule has 0 radical (unpaired) electrons. The van der Waals surface area contributed by atoms with E-state index in [1.165, 1.54) is 0 Å². The zero-order chi connectivity index (χ0) is 10.7. The molecule has 0 saturated heterocycles. The highest BCUT2D eigenvalue weighted by molar-refractivity contribution is 6.31. The van der Waals surface area contributed by atoms with Crippen LogP contribution in [0.25, 0.3) is 0 Å². The standard InChI is InChI=1S/C11H16ClNO/c1-7(2)10(13)6-8-9(12)4-3-5-11(8)14/h3-5,7,10,14H,6,13H2,1-2H3. The Balaban J connectivity index is 2.85. The summed E-state index contributed by atoms with van der Waals surface area (Å²) in [6.07, 6.45) is 0.614. The molecule has 1 unspecified atom stereocenters. The second-order valence-corrected chi connectivity index (χ2v) is 4.26. The number of phenolic OH excluding ortho intramolecular Hbond substituents is 1. The Morgan fingerprint density at radius 2 is 2.07 bits per heavy atom. The van der Waals surface area contributed by atoms with Gasteiger partial charge < -0.3 is 10.8 Å². The summed E-state index contributed by atoms with van der Waals surface area (Å²) in [5, 5.41) is 10.2. The normalized spacial score (nSPS) is 13.2. The highest BCUT2D eigenvalue weighted by Gasteiger charge is 2.13. The SMILES string of the molecule is CC(C)C(N)Cc1c(O)cccc1Cl. The molecule has 0 amide bonds. The lowest BCUT2D eigenvalue weighted by Crippen LogP contribution is -2.28. The molecule has 0 fully saturated rings. The van der Waals surface area contributed by atoms with Crippen molar-refractivity contribution in [3.05, 3.63) is 28.8 Å². The van der Waals surface area contributed by atoms with E-state index >= 15 is 0 Å². The van der Waals surface area contributed by atoms with Gasteiger partial charge in [-0.05, 0) is 24.5 Å². The third-order valence-electron chi connectivity index (χ3n) is 2.39. The van der Waals surface area contributed by atoms with Crippen LogP contribution in [0, 0.1) is 5.92 Å². The van der Waals surface area contributed by atoms with Gasteiger partial charge in [0.15, 0.2) is 0 Å². The Morgan fingerprint density at radius 3 is 2.57 bits per heavy atom. The second-order valence-electron chi connectivity index (χ2n) is 3.85. The van der Waals surface area contributed by atoms with Crippen LogP contribution in [0.5, 0.6) is 5.75 Å². The van der Waals surface area contributed by atoms with Gasteiger partial charge in [-0.2, -0.15) is 0 Å². The predicted octanol–water partition coefficient (Wildman–Crippen LogP) is 2.57. The van der Waals surface area contributed by atoms with E-state index in [-0.39, 0.29) is 11.8 Å². The fourth-order valence-electron chi connectivity index (χ4n) is 1.22. The number of nitrogens with two attached hydrogens (primary N) is 1. The Kier molecular flexibility index (Phi) is 3.78. The average molecular weight is 214 g/mol. The van der Waals surface area contributed by atoms with Crippen molar-refractivity contribution < 1.29 is 5.11 Å². The predicted molar refractivity (Wildman–Crippen MR) is 59.6 cm³/mol. The zero-order valence-corrected chi connectivity index (χ0v) is 9.25. The maximum Gasteiger partial charge on any atom is 0.120 e. The summed E-state index contributed by atoms with van der Waals surface area (Å²) >= 11 is 5.96. The van der Waals surface area contributed by atoms with E-state index in [1.807, 2.05) is 0 Å². The molecule has 0 aliphatic carbocycles. The number of rotatable bonds is 3. The van der Waals surface area contributed by atoms with Gasteiger partial charge >= 0.3 is 0 Å². The highest BCUT2D eigenvalue weighted by atomic mass is 35.5. The summed E-state index contributed by atoms with van der Waals surface area (Å²) in [5.41, 5.74) is 6.66. The van der Waals surface area contributed by atoms with Crippen molar-refractivity contribution in [2.75, 3.05) is 0 Å². The molecule has 0 bridgehead atoms. The van der Waals surface area contributed by atoms with Crippen molar-refractivity contribution in [3.63, 3.8) is 0 Å². The lowest BCUT2D eigenvalue weighted by molar-refractivity contribution is 0.449. The van der Waals surface area contributed by atoms with Crippen molar-refractivity contribution in [3.8, 4) is 5.75 Å². The van der Waals surface area contributed by atoms with Crippen LogP contribution < -0.4 is 5.73 Å². The van der Waals surface area contributed by atoms with E-state index in [0.29, 0.717) is 17.4 Å². The Bertz CT molecular complexity index is 292. The van der Waals surface area contributed by atoms with Crippen molar-refractivity contribution in [1.29, 1.82) is 0 Å². The molecule has 1 aromatic carbocycles. The minimum Gasteiger partial charge on any atom is -0.508 e. The molecule has 0 aliphatic heterocycles. The molecular formula is C11H16ClNO. The minimum absolute atomic E-state index is 0.0285. The van der Waals surface area contributed by atoms with Crippen LogP contribution in [-0.2, 0) is 6.42 Å². The van der Waals surface area contributed by atoms with E-state index in [0.717, 1.165) is 5.56 Å². The lowest BCUT2D eigenvalue weighted by Gasteiger charge is -2.16. The van der Waals surface area contributed by atoms with E-state index in [1.54, 1.807) is 18.2 Å². The number of phenols is 1. The first-order valence-electron chi connectivity index (χ1n) is 4.74. The number of hydrogen-bond acceptors (Lipinski definition) is 2. The fraction of sp³-hybridized carbons (Fsp3) is 0.455. The summed E-state index contributed by atoms with van der Waals surface area (Å²) < 4.78 is 0. The molecule has 78 valence electrons. The van der Waals surface area contributed by atoms with Gasteiger partial charge in [0.2, 0.25) is 0 Å². The summed E-state index contributed by atoms with van der Waals surface area (Å²) in [4.78, 5) is 0. The van der Waals surface area contributed by atoms with Gasteiger partial charge in [-0.15, -0.1) is 0 Å². The van der Waals surface area contributed by atoms with Crippen LogP contribution in [0.1, 0.15) is 19.4 Å². The molecule has 1 rings (SSSR count). The molecule has 3 heteroatoms. The number of halogens is 1. The average Bonchev–Trinajstić information content (AvgIpc) is 2.11. The molecule has 2 nitrogen and oxygen atoms in total. The molecular weight excluding hydrogens is 198 g/mol. The van der Waals surface area contributed by atoms with Gasteiger partial charge in [-0.3, -0.25) is 0 Å². The van der Waals surface area contributed by atoms with Gasteiger partial charge in [-0.1, -0.05) is 31.5 Å². The molecule has 0 aromatic heterocycles. The van der Waals surface area contributed by atoms with Gasteiger partial charge in [0.25, 0.3) is 0 Å². The molecule has 0 heterocycles. The first-order valence-corrected chi connectivity index (χ1v) is 5.12. The number of benzene rings is 1. The molecule has 0 saturated carbocycles. The van der Waals surface area contributed by atoms with Crippen molar-refractivity contribution in [2.45, 2.75) is 26.3 Å². The first-order chi connectivity index (χ1) is 6.52. The van der Waals surface area contributed by atoms with Crippen LogP contribution in [0.15, 0.2) is 18.2 Å². The number of aromatic hydroxyl groups is 1. The molecule has 1 aromatic rings. The number of hydrogen-bond donors (Lipinski definition) is 2. The third kappa shape index (κ3) is 2.63. The fourth-order valence-corrected chi connectivity index (χ4v) is 1.47. The van der Waals surface area contributed by atoms with Crippen LogP contribution in [0.4, 0.5) is 0 Å². The monoisotopic (exact) mass is 213 g/mol. The maximum absolute atomic E-state index is 9.58. The van der Waals surface area contributed by atoms with Gasteiger partial charge in [0.1, 0.15) is 5.75 Å². The zero-order valence-electron chi connectivity index (χ0n) is 8.50. The van der Waals surface area contributed by atoms with Crippen molar-refractivity contribution in [2.24, 2.45) is 11.7 Å². The highest BCUT2D eigenvalue weighted by Crippen LogP contribution is 2.27. The summed E-state index contributed by atoms with van der Waals surface area (Å²) in [7, 11) is 0. The van der Waals surface area contributed by atoms with Gasteiger partial charge in [-0.25, -0.2) is 0 Å². The molecule has 0 aliphatic rings. The van der Waals surface area contributed by atoms with E-state index in [9.17, 15) is 5.11 Å². The Labute approximate surface area is 89.7 Å². The molecule has 1 atom stereocenters. The Morgan fingerprint density at radius 1 is 1.43 bits per heavy atom. The van der Waals surface area contributed by atoms with Crippen LogP contribution >= 0.6 is 11.6 Å². The van der Waals surface area contributed by atoms with Crippen molar-refractivity contribution in [1.82, 2.24) is 0 Å². The van der Waals surface area contributed by atoms with Crippen LogP contribution in [0.2, 0.25) is 5.02 Å². The second kappa shape index (κ2) is 4.67. The summed E-state index contributed by atoms with van der Waals surface area (Å²) in [6.45, 7) is 4.11. The molecule has 0 spiro atoms. The molecule has 3 N–H and O–H groups in total. The van der Waals surface area contributed by atoms with Gasteiger partial charge in [0.05, 0.1) is 0 Å². The van der Waals surface area contributed by atoms with E-state index in [4.69, 9.17) is 17.3 Å². The van der Waals surface area contributed by atoms with E-state index < -0.39 is 0 Å². The summed E-state index contributed by atoms with van der Waals surface area (Å²) in [6, 6.07) is 5.15.